The van der Waals surface area contributed by atoms with Crippen molar-refractivity contribution < 1.29 is 4.79 Å². The van der Waals surface area contributed by atoms with Crippen molar-refractivity contribution in [1.82, 2.24) is 9.97 Å². The van der Waals surface area contributed by atoms with Gasteiger partial charge in [0.25, 0.3) is 0 Å². The standard InChI is InChI=1S/C19H15N3O/c23-19-16(7-6-15-4-2-10-21-15)17-11-13(5-8-18(17)22-19)14-3-1-9-20-12-14/h1-12,16,21H,(H,22,23). The van der Waals surface area contributed by atoms with Crippen molar-refractivity contribution in [2.45, 2.75) is 5.92 Å². The van der Waals surface area contributed by atoms with E-state index in [1.165, 1.54) is 0 Å². The van der Waals surface area contributed by atoms with Gasteiger partial charge in [-0.3, -0.25) is 9.78 Å². The molecular formula is C19H15N3O. The van der Waals surface area contributed by atoms with Crippen LogP contribution in [0.1, 0.15) is 17.2 Å². The molecule has 0 radical (unpaired) electrons. The lowest BCUT2D eigenvalue weighted by Crippen LogP contribution is -2.09. The van der Waals surface area contributed by atoms with Gasteiger partial charge in [-0.25, -0.2) is 0 Å². The number of aromatic nitrogens is 2. The lowest BCUT2D eigenvalue weighted by Gasteiger charge is -2.06. The van der Waals surface area contributed by atoms with Crippen LogP contribution in [0.3, 0.4) is 0 Å². The minimum Gasteiger partial charge on any atom is -0.362 e. The average molecular weight is 301 g/mol. The molecule has 4 heteroatoms. The van der Waals surface area contributed by atoms with E-state index in [9.17, 15) is 4.79 Å². The molecule has 1 aromatic carbocycles. The Bertz CT molecular complexity index is 867. The molecular weight excluding hydrogens is 286 g/mol. The summed E-state index contributed by atoms with van der Waals surface area (Å²) in [4.78, 5) is 19.5. The van der Waals surface area contributed by atoms with E-state index < -0.39 is 0 Å². The summed E-state index contributed by atoms with van der Waals surface area (Å²) < 4.78 is 0. The summed E-state index contributed by atoms with van der Waals surface area (Å²) in [5.74, 6) is -0.268. The van der Waals surface area contributed by atoms with Gasteiger partial charge in [0.1, 0.15) is 0 Å². The molecule has 3 aromatic rings. The third kappa shape index (κ3) is 2.55. The SMILES string of the molecule is O=C1Nc2ccc(-c3cccnc3)cc2C1C=Cc1ccc[nH]1. The van der Waals surface area contributed by atoms with Crippen molar-refractivity contribution in [3.63, 3.8) is 0 Å². The Labute approximate surface area is 133 Å². The predicted octanol–water partition coefficient (Wildman–Crippen LogP) is 3.83. The maximum absolute atomic E-state index is 12.3. The van der Waals surface area contributed by atoms with Crippen molar-refractivity contribution in [3.8, 4) is 11.1 Å². The lowest BCUT2D eigenvalue weighted by atomic mass is 9.96. The summed E-state index contributed by atoms with van der Waals surface area (Å²) in [6.07, 6.45) is 9.32. The van der Waals surface area contributed by atoms with Crippen LogP contribution in [0.25, 0.3) is 17.2 Å². The quantitative estimate of drug-likeness (QED) is 0.772. The van der Waals surface area contributed by atoms with Crippen LogP contribution in [0.2, 0.25) is 0 Å². The van der Waals surface area contributed by atoms with Crippen LogP contribution in [0.15, 0.2) is 67.1 Å². The van der Waals surface area contributed by atoms with Gasteiger partial charge < -0.3 is 10.3 Å². The Balaban J connectivity index is 1.71. The predicted molar refractivity (Wildman–Crippen MR) is 90.9 cm³/mol. The second-order valence-electron chi connectivity index (χ2n) is 5.50. The molecule has 23 heavy (non-hydrogen) atoms. The van der Waals surface area contributed by atoms with E-state index in [4.69, 9.17) is 0 Å². The van der Waals surface area contributed by atoms with Crippen molar-refractivity contribution >= 4 is 17.7 Å². The number of hydrogen-bond donors (Lipinski definition) is 2. The molecule has 3 heterocycles. The Kier molecular flexibility index (Phi) is 3.27. The molecule has 1 aliphatic heterocycles. The minimum absolute atomic E-state index is 0.00569. The second kappa shape index (κ2) is 5.57. The summed E-state index contributed by atoms with van der Waals surface area (Å²) in [6, 6.07) is 13.9. The Morgan fingerprint density at radius 1 is 1.09 bits per heavy atom. The van der Waals surface area contributed by atoms with E-state index in [0.717, 1.165) is 28.1 Å². The van der Waals surface area contributed by atoms with E-state index in [-0.39, 0.29) is 11.8 Å². The third-order valence-electron chi connectivity index (χ3n) is 4.01. The van der Waals surface area contributed by atoms with E-state index in [2.05, 4.69) is 21.4 Å². The first-order valence-corrected chi connectivity index (χ1v) is 7.48. The van der Waals surface area contributed by atoms with Gasteiger partial charge in [0.15, 0.2) is 0 Å². The fourth-order valence-electron chi connectivity index (χ4n) is 2.84. The monoisotopic (exact) mass is 301 g/mol. The zero-order valence-corrected chi connectivity index (χ0v) is 12.4. The van der Waals surface area contributed by atoms with Gasteiger partial charge in [0, 0.05) is 30.0 Å². The molecule has 0 fully saturated rings. The molecule has 112 valence electrons. The zero-order chi connectivity index (χ0) is 15.6. The Morgan fingerprint density at radius 3 is 2.83 bits per heavy atom. The largest absolute Gasteiger partial charge is 0.362 e. The van der Waals surface area contributed by atoms with Crippen molar-refractivity contribution in [2.75, 3.05) is 5.32 Å². The van der Waals surface area contributed by atoms with Gasteiger partial charge in [-0.2, -0.15) is 0 Å². The van der Waals surface area contributed by atoms with Gasteiger partial charge in [0.05, 0.1) is 5.92 Å². The molecule has 1 aliphatic rings. The molecule has 1 unspecified atom stereocenters. The van der Waals surface area contributed by atoms with Crippen LogP contribution < -0.4 is 5.32 Å². The summed E-state index contributed by atoms with van der Waals surface area (Å²) in [5, 5.41) is 2.94. The molecule has 4 nitrogen and oxygen atoms in total. The molecule has 0 spiro atoms. The number of nitrogens with zero attached hydrogens (tertiary/aromatic N) is 1. The van der Waals surface area contributed by atoms with Crippen LogP contribution in [-0.2, 0) is 4.79 Å². The molecule has 2 aromatic heterocycles. The number of fused-ring (bicyclic) bond motifs is 1. The summed E-state index contributed by atoms with van der Waals surface area (Å²) in [7, 11) is 0. The highest BCUT2D eigenvalue weighted by Gasteiger charge is 2.28. The number of carbonyl (C=O) groups excluding carboxylic acids is 1. The van der Waals surface area contributed by atoms with Crippen LogP contribution in [0, 0.1) is 0 Å². The van der Waals surface area contributed by atoms with Gasteiger partial charge >= 0.3 is 0 Å². The molecule has 0 saturated heterocycles. The molecule has 0 bridgehead atoms. The van der Waals surface area contributed by atoms with Crippen molar-refractivity contribution in [2.24, 2.45) is 0 Å². The summed E-state index contributed by atoms with van der Waals surface area (Å²) in [5.41, 5.74) is 4.96. The smallest absolute Gasteiger partial charge is 0.235 e. The number of rotatable bonds is 3. The number of hydrogen-bond acceptors (Lipinski definition) is 2. The highest BCUT2D eigenvalue weighted by atomic mass is 16.2. The first-order chi connectivity index (χ1) is 11.3. The molecule has 2 N–H and O–H groups in total. The number of pyridine rings is 1. The van der Waals surface area contributed by atoms with Gasteiger partial charge in [-0.15, -0.1) is 0 Å². The topological polar surface area (TPSA) is 57.8 Å². The summed E-state index contributed by atoms with van der Waals surface area (Å²) in [6.45, 7) is 0. The first-order valence-electron chi connectivity index (χ1n) is 7.48. The summed E-state index contributed by atoms with van der Waals surface area (Å²) >= 11 is 0. The Morgan fingerprint density at radius 2 is 2.04 bits per heavy atom. The highest BCUT2D eigenvalue weighted by Crippen LogP contribution is 2.36. The van der Waals surface area contributed by atoms with Crippen LogP contribution in [0.5, 0.6) is 0 Å². The molecule has 1 atom stereocenters. The lowest BCUT2D eigenvalue weighted by molar-refractivity contribution is -0.116. The number of amides is 1. The number of anilines is 1. The average Bonchev–Trinajstić information content (AvgIpc) is 3.20. The van der Waals surface area contributed by atoms with E-state index >= 15 is 0 Å². The van der Waals surface area contributed by atoms with Gasteiger partial charge in [-0.1, -0.05) is 18.2 Å². The van der Waals surface area contributed by atoms with Crippen LogP contribution in [-0.4, -0.2) is 15.9 Å². The van der Waals surface area contributed by atoms with E-state index in [0.29, 0.717) is 0 Å². The Hall–Kier alpha value is -3.14. The fourth-order valence-corrected chi connectivity index (χ4v) is 2.84. The van der Waals surface area contributed by atoms with E-state index in [1.54, 1.807) is 6.20 Å². The fraction of sp³-hybridized carbons (Fsp3) is 0.0526. The number of carbonyl (C=O) groups is 1. The zero-order valence-electron chi connectivity index (χ0n) is 12.4. The maximum Gasteiger partial charge on any atom is 0.235 e. The maximum atomic E-state index is 12.3. The van der Waals surface area contributed by atoms with Crippen molar-refractivity contribution in [1.29, 1.82) is 0 Å². The third-order valence-corrected chi connectivity index (χ3v) is 4.01. The highest BCUT2D eigenvalue weighted by molar-refractivity contribution is 6.05. The molecule has 1 amide bonds. The van der Waals surface area contributed by atoms with Crippen molar-refractivity contribution in [3.05, 3.63) is 78.4 Å². The van der Waals surface area contributed by atoms with Crippen LogP contribution in [0.4, 0.5) is 5.69 Å². The first kappa shape index (κ1) is 13.5. The molecule has 0 aliphatic carbocycles. The number of H-pyrrole nitrogens is 1. The molecule has 4 rings (SSSR count). The number of benzene rings is 1. The number of nitrogens with one attached hydrogen (secondary N) is 2. The van der Waals surface area contributed by atoms with Gasteiger partial charge in [0.2, 0.25) is 5.91 Å². The van der Waals surface area contributed by atoms with Gasteiger partial charge in [-0.05, 0) is 53.1 Å². The van der Waals surface area contributed by atoms with Crippen LogP contribution >= 0.6 is 0 Å². The minimum atomic E-state index is -0.273. The second-order valence-corrected chi connectivity index (χ2v) is 5.50. The molecule has 0 saturated carbocycles. The number of aromatic amines is 1. The van der Waals surface area contributed by atoms with E-state index in [1.807, 2.05) is 60.9 Å². The normalized spacial score (nSPS) is 16.5.